The largest absolute Gasteiger partial charge is 0.392 e. The molecule has 1 saturated heterocycles. The Hall–Kier alpha value is -1.50. The maximum Gasteiger partial charge on any atom is 0.128 e. The van der Waals surface area contributed by atoms with E-state index in [0.717, 1.165) is 12.1 Å². The lowest BCUT2D eigenvalue weighted by Crippen LogP contribution is -2.26. The van der Waals surface area contributed by atoms with E-state index in [4.69, 9.17) is 11.6 Å². The van der Waals surface area contributed by atoms with Gasteiger partial charge in [-0.15, -0.1) is 0 Å². The highest BCUT2D eigenvalue weighted by Gasteiger charge is 2.34. The third kappa shape index (κ3) is 2.86. The molecule has 1 aliphatic rings. The van der Waals surface area contributed by atoms with Gasteiger partial charge in [-0.2, -0.15) is 0 Å². The van der Waals surface area contributed by atoms with Crippen LogP contribution < -0.4 is 0 Å². The first-order chi connectivity index (χ1) is 10.5. The highest BCUT2D eigenvalue weighted by Crippen LogP contribution is 2.35. The Morgan fingerprint density at radius 3 is 2.86 bits per heavy atom. The van der Waals surface area contributed by atoms with Crippen LogP contribution in [-0.4, -0.2) is 32.2 Å². The molecule has 0 bridgehead atoms. The number of aliphatic hydroxyl groups excluding tert-OH is 1. The normalized spacial score (nSPS) is 22.4. The zero-order valence-electron chi connectivity index (χ0n) is 12.0. The number of aliphatic hydroxyl groups is 1. The lowest BCUT2D eigenvalue weighted by molar-refractivity contribution is 0.170. The van der Waals surface area contributed by atoms with Crippen LogP contribution in [0.4, 0.5) is 8.78 Å². The zero-order valence-corrected chi connectivity index (χ0v) is 12.8. The minimum absolute atomic E-state index is 0.261. The number of hydrogen-bond donors (Lipinski definition) is 1. The second-order valence-electron chi connectivity index (χ2n) is 5.56. The summed E-state index contributed by atoms with van der Waals surface area (Å²) >= 11 is 5.97. The standard InChI is InChI=1S/C15H16ClF2N3O/c1-20-14(16)6-19-15(20)8-21-7-10(22)5-13(21)11-4-9(17)2-3-12(11)18/h2-4,6,10,13,22H,5,7-8H2,1H3/t10-,13+/m0/s1. The van der Waals surface area contributed by atoms with Gasteiger partial charge in [0.25, 0.3) is 0 Å². The van der Waals surface area contributed by atoms with Crippen LogP contribution in [0.1, 0.15) is 23.9 Å². The summed E-state index contributed by atoms with van der Waals surface area (Å²) in [6.07, 6.45) is 1.32. The van der Waals surface area contributed by atoms with Crippen LogP contribution in [0.15, 0.2) is 24.4 Å². The Labute approximate surface area is 131 Å². The Morgan fingerprint density at radius 1 is 1.41 bits per heavy atom. The molecule has 0 aliphatic carbocycles. The smallest absolute Gasteiger partial charge is 0.128 e. The molecule has 7 heteroatoms. The number of imidazole rings is 1. The Bertz CT molecular complexity index is 691. The van der Waals surface area contributed by atoms with Gasteiger partial charge in [0.05, 0.1) is 18.8 Å². The second-order valence-corrected chi connectivity index (χ2v) is 5.94. The van der Waals surface area contributed by atoms with Gasteiger partial charge in [0.2, 0.25) is 0 Å². The molecular formula is C15H16ClF2N3O. The number of halogens is 3. The molecule has 2 heterocycles. The number of β-amino-alcohol motifs (C(OH)–C–C–N with tert-alkyl or cyclic N) is 1. The van der Waals surface area contributed by atoms with E-state index < -0.39 is 17.7 Å². The number of likely N-dealkylation sites (tertiary alicyclic amines) is 1. The van der Waals surface area contributed by atoms with E-state index in [1.807, 2.05) is 4.90 Å². The lowest BCUT2D eigenvalue weighted by Gasteiger charge is -2.24. The van der Waals surface area contributed by atoms with Crippen LogP contribution in [0.3, 0.4) is 0 Å². The number of aromatic nitrogens is 2. The summed E-state index contributed by atoms with van der Waals surface area (Å²) < 4.78 is 29.2. The quantitative estimate of drug-likeness (QED) is 0.942. The predicted octanol–water partition coefficient (Wildman–Crippen LogP) is 2.66. The SMILES string of the molecule is Cn1c(Cl)cnc1CN1C[C@@H](O)C[C@@H]1c1cc(F)ccc1F. The summed E-state index contributed by atoms with van der Waals surface area (Å²) in [7, 11) is 1.79. The van der Waals surface area contributed by atoms with Crippen molar-refractivity contribution in [2.75, 3.05) is 6.54 Å². The summed E-state index contributed by atoms with van der Waals surface area (Å²) in [6, 6.07) is 3.01. The molecule has 0 spiro atoms. The third-order valence-electron chi connectivity index (χ3n) is 4.07. The van der Waals surface area contributed by atoms with Crippen molar-refractivity contribution in [2.45, 2.75) is 25.1 Å². The summed E-state index contributed by atoms with van der Waals surface area (Å²) in [6.45, 7) is 0.784. The van der Waals surface area contributed by atoms with Crippen molar-refractivity contribution in [3.8, 4) is 0 Å². The Kier molecular flexibility index (Phi) is 4.16. The molecule has 118 valence electrons. The average Bonchev–Trinajstić information content (AvgIpc) is 2.99. The molecule has 1 N–H and O–H groups in total. The highest BCUT2D eigenvalue weighted by molar-refractivity contribution is 6.29. The molecule has 4 nitrogen and oxygen atoms in total. The first-order valence-electron chi connectivity index (χ1n) is 6.99. The van der Waals surface area contributed by atoms with Crippen molar-refractivity contribution in [1.82, 2.24) is 14.5 Å². The molecule has 0 amide bonds. The molecule has 1 aromatic heterocycles. The molecular weight excluding hydrogens is 312 g/mol. The number of nitrogens with zero attached hydrogens (tertiary/aromatic N) is 3. The number of rotatable bonds is 3. The van der Waals surface area contributed by atoms with Crippen molar-refractivity contribution in [3.05, 3.63) is 52.6 Å². The van der Waals surface area contributed by atoms with E-state index in [0.29, 0.717) is 30.5 Å². The van der Waals surface area contributed by atoms with E-state index in [2.05, 4.69) is 4.98 Å². The summed E-state index contributed by atoms with van der Waals surface area (Å²) in [5, 5.41) is 10.4. The monoisotopic (exact) mass is 327 g/mol. The summed E-state index contributed by atoms with van der Waals surface area (Å²) in [5.41, 5.74) is 0.261. The van der Waals surface area contributed by atoms with Crippen LogP contribution in [0.2, 0.25) is 5.15 Å². The first-order valence-corrected chi connectivity index (χ1v) is 7.36. The van der Waals surface area contributed by atoms with Crippen LogP contribution in [0, 0.1) is 11.6 Å². The first kappa shape index (κ1) is 15.4. The minimum atomic E-state index is -0.580. The van der Waals surface area contributed by atoms with Gasteiger partial charge in [-0.1, -0.05) is 11.6 Å². The molecule has 1 fully saturated rings. The van der Waals surface area contributed by atoms with Crippen molar-refractivity contribution in [2.24, 2.45) is 7.05 Å². The third-order valence-corrected chi connectivity index (χ3v) is 4.42. The van der Waals surface area contributed by atoms with Gasteiger partial charge in [0.15, 0.2) is 0 Å². The fourth-order valence-electron chi connectivity index (χ4n) is 2.90. The van der Waals surface area contributed by atoms with Crippen molar-refractivity contribution < 1.29 is 13.9 Å². The van der Waals surface area contributed by atoms with Gasteiger partial charge in [-0.05, 0) is 24.6 Å². The van der Waals surface area contributed by atoms with Gasteiger partial charge >= 0.3 is 0 Å². The zero-order chi connectivity index (χ0) is 15.9. The van der Waals surface area contributed by atoms with Crippen molar-refractivity contribution in [3.63, 3.8) is 0 Å². The van der Waals surface area contributed by atoms with Crippen LogP contribution in [0.5, 0.6) is 0 Å². The Balaban J connectivity index is 1.89. The number of benzene rings is 1. The average molecular weight is 328 g/mol. The molecule has 2 aromatic rings. The molecule has 0 radical (unpaired) electrons. The second kappa shape index (κ2) is 5.95. The molecule has 2 atom stereocenters. The topological polar surface area (TPSA) is 41.3 Å². The van der Waals surface area contributed by atoms with Crippen molar-refractivity contribution in [1.29, 1.82) is 0 Å². The van der Waals surface area contributed by atoms with E-state index in [1.165, 1.54) is 6.07 Å². The van der Waals surface area contributed by atoms with E-state index in [1.54, 1.807) is 17.8 Å². The van der Waals surface area contributed by atoms with Crippen LogP contribution in [-0.2, 0) is 13.6 Å². The highest BCUT2D eigenvalue weighted by atomic mass is 35.5. The fourth-order valence-corrected chi connectivity index (χ4v) is 3.05. The maximum atomic E-state index is 14.0. The van der Waals surface area contributed by atoms with Gasteiger partial charge in [0.1, 0.15) is 22.6 Å². The minimum Gasteiger partial charge on any atom is -0.392 e. The van der Waals surface area contributed by atoms with Gasteiger partial charge in [0, 0.05) is 25.2 Å². The summed E-state index contributed by atoms with van der Waals surface area (Å²) in [4.78, 5) is 6.10. The van der Waals surface area contributed by atoms with E-state index >= 15 is 0 Å². The number of hydrogen-bond acceptors (Lipinski definition) is 3. The van der Waals surface area contributed by atoms with E-state index in [9.17, 15) is 13.9 Å². The lowest BCUT2D eigenvalue weighted by atomic mass is 10.0. The molecule has 3 rings (SSSR count). The molecule has 0 unspecified atom stereocenters. The van der Waals surface area contributed by atoms with Crippen LogP contribution in [0.25, 0.3) is 0 Å². The molecule has 0 saturated carbocycles. The Morgan fingerprint density at radius 2 is 2.18 bits per heavy atom. The predicted molar refractivity (Wildman–Crippen MR) is 78.4 cm³/mol. The van der Waals surface area contributed by atoms with Crippen LogP contribution >= 0.6 is 11.6 Å². The van der Waals surface area contributed by atoms with Gasteiger partial charge in [-0.3, -0.25) is 4.90 Å². The molecule has 1 aliphatic heterocycles. The van der Waals surface area contributed by atoms with Gasteiger partial charge < -0.3 is 9.67 Å². The summed E-state index contributed by atoms with van der Waals surface area (Å²) in [5.74, 6) is -0.248. The van der Waals surface area contributed by atoms with Crippen molar-refractivity contribution >= 4 is 11.6 Å². The van der Waals surface area contributed by atoms with E-state index in [-0.39, 0.29) is 11.6 Å². The maximum absolute atomic E-state index is 14.0. The fraction of sp³-hybridized carbons (Fsp3) is 0.400. The molecule has 1 aromatic carbocycles. The molecule has 22 heavy (non-hydrogen) atoms. The van der Waals surface area contributed by atoms with Gasteiger partial charge in [-0.25, -0.2) is 13.8 Å².